The number of nitrogens with zero attached hydrogens (tertiary/aromatic N) is 4. The fourth-order valence-electron chi connectivity index (χ4n) is 3.64. The first-order valence-electron chi connectivity index (χ1n) is 9.90. The lowest BCUT2D eigenvalue weighted by Crippen LogP contribution is -2.30. The molecule has 31 heavy (non-hydrogen) atoms. The number of H-pyrrole nitrogens is 1. The molecule has 5 rings (SSSR count). The van der Waals surface area contributed by atoms with Crippen LogP contribution in [0.1, 0.15) is 16.2 Å². The number of hydrogen-bond acceptors (Lipinski definition) is 6. The van der Waals surface area contributed by atoms with Crippen LogP contribution in [0.2, 0.25) is 0 Å². The van der Waals surface area contributed by atoms with Crippen LogP contribution in [0.15, 0.2) is 47.3 Å². The van der Waals surface area contributed by atoms with Gasteiger partial charge in [0.25, 0.3) is 5.91 Å². The topological polar surface area (TPSA) is 116 Å². The third-order valence-corrected chi connectivity index (χ3v) is 5.18. The molecular weight excluding hydrogens is 400 g/mol. The first-order valence-corrected chi connectivity index (χ1v) is 9.90. The second kappa shape index (κ2) is 7.63. The minimum absolute atomic E-state index is 0.212. The van der Waals surface area contributed by atoms with Crippen LogP contribution in [-0.2, 0) is 6.54 Å². The second-order valence-electron chi connectivity index (χ2n) is 7.12. The molecule has 0 atom stereocenters. The second-order valence-corrected chi connectivity index (χ2v) is 7.12. The van der Waals surface area contributed by atoms with Gasteiger partial charge in [-0.1, -0.05) is 17.3 Å². The van der Waals surface area contributed by atoms with Crippen molar-refractivity contribution in [2.45, 2.75) is 13.5 Å². The summed E-state index contributed by atoms with van der Waals surface area (Å²) >= 11 is 0. The number of carbonyl (C=O) groups excluding carboxylic acids is 1. The highest BCUT2D eigenvalue weighted by Crippen LogP contribution is 2.32. The van der Waals surface area contributed by atoms with Gasteiger partial charge in [0.05, 0.1) is 22.4 Å². The number of hydrogen-bond donors (Lipinski definition) is 2. The molecule has 0 bridgehead atoms. The largest absolute Gasteiger partial charge is 0.486 e. The zero-order valence-electron chi connectivity index (χ0n) is 16.8. The van der Waals surface area contributed by atoms with Gasteiger partial charge in [-0.2, -0.15) is 0 Å². The molecule has 10 heteroatoms. The van der Waals surface area contributed by atoms with E-state index in [0.29, 0.717) is 37.0 Å². The number of rotatable bonds is 5. The lowest BCUT2D eigenvalue weighted by molar-refractivity contribution is 0.0946. The number of amides is 1. The molecule has 2 aromatic carbocycles. The number of aromatic amines is 1. The highest BCUT2D eigenvalue weighted by Gasteiger charge is 2.19. The van der Waals surface area contributed by atoms with Gasteiger partial charge < -0.3 is 19.8 Å². The minimum atomic E-state index is -0.353. The lowest BCUT2D eigenvalue weighted by Gasteiger charge is -2.18. The SMILES string of the molecule is Cc1c(C(=O)NCCn2c(=O)[nH]c3ccccc32)nnn1-c1ccc2c(c1)OCCO2. The summed E-state index contributed by atoms with van der Waals surface area (Å²) in [5.41, 5.74) is 2.88. The third-order valence-electron chi connectivity index (χ3n) is 5.18. The molecule has 0 radical (unpaired) electrons. The molecule has 0 spiro atoms. The summed E-state index contributed by atoms with van der Waals surface area (Å²) in [7, 11) is 0. The number of nitrogens with one attached hydrogen (secondary N) is 2. The minimum Gasteiger partial charge on any atom is -0.486 e. The van der Waals surface area contributed by atoms with Crippen LogP contribution in [-0.4, -0.2) is 50.2 Å². The Morgan fingerprint density at radius 1 is 1.16 bits per heavy atom. The molecule has 0 saturated heterocycles. The Morgan fingerprint density at radius 3 is 2.84 bits per heavy atom. The summed E-state index contributed by atoms with van der Waals surface area (Å²) in [5, 5.41) is 11.0. The van der Waals surface area contributed by atoms with Crippen molar-refractivity contribution < 1.29 is 14.3 Å². The van der Waals surface area contributed by atoms with E-state index in [9.17, 15) is 9.59 Å². The molecule has 1 amide bonds. The van der Waals surface area contributed by atoms with E-state index < -0.39 is 0 Å². The first kappa shape index (κ1) is 18.9. The molecule has 0 fully saturated rings. The maximum absolute atomic E-state index is 12.7. The zero-order chi connectivity index (χ0) is 21.4. The van der Waals surface area contributed by atoms with Crippen molar-refractivity contribution in [3.05, 3.63) is 64.3 Å². The molecule has 10 nitrogen and oxygen atoms in total. The van der Waals surface area contributed by atoms with Gasteiger partial charge >= 0.3 is 5.69 Å². The predicted molar refractivity (Wildman–Crippen MR) is 112 cm³/mol. The van der Waals surface area contributed by atoms with Gasteiger partial charge in [-0.3, -0.25) is 9.36 Å². The van der Waals surface area contributed by atoms with Crippen molar-refractivity contribution in [3.63, 3.8) is 0 Å². The van der Waals surface area contributed by atoms with E-state index in [4.69, 9.17) is 9.47 Å². The summed E-state index contributed by atoms with van der Waals surface area (Å²) in [6.45, 7) is 3.39. The molecule has 158 valence electrons. The molecule has 1 aliphatic heterocycles. The Kier molecular flexibility index (Phi) is 4.66. The Labute approximate surface area is 176 Å². The number of para-hydroxylation sites is 2. The van der Waals surface area contributed by atoms with Crippen molar-refractivity contribution in [2.75, 3.05) is 19.8 Å². The number of imidazole rings is 1. The number of ether oxygens (including phenoxy) is 2. The van der Waals surface area contributed by atoms with Crippen LogP contribution < -0.4 is 20.5 Å². The highest BCUT2D eigenvalue weighted by atomic mass is 16.6. The average Bonchev–Trinajstić information content (AvgIpc) is 3.33. The monoisotopic (exact) mass is 420 g/mol. The average molecular weight is 420 g/mol. The van der Waals surface area contributed by atoms with Crippen LogP contribution >= 0.6 is 0 Å². The van der Waals surface area contributed by atoms with Gasteiger partial charge in [-0.05, 0) is 31.2 Å². The Hall–Kier alpha value is -4.08. The van der Waals surface area contributed by atoms with E-state index in [2.05, 4.69) is 20.6 Å². The van der Waals surface area contributed by atoms with Crippen molar-refractivity contribution in [2.24, 2.45) is 0 Å². The van der Waals surface area contributed by atoms with E-state index in [1.54, 1.807) is 22.2 Å². The third kappa shape index (κ3) is 3.41. The molecule has 2 aromatic heterocycles. The summed E-state index contributed by atoms with van der Waals surface area (Å²) in [6.07, 6.45) is 0. The molecule has 0 aliphatic carbocycles. The number of aromatic nitrogens is 5. The Balaban J connectivity index is 1.30. The molecule has 4 aromatic rings. The van der Waals surface area contributed by atoms with Crippen LogP contribution in [0.5, 0.6) is 11.5 Å². The maximum Gasteiger partial charge on any atom is 0.326 e. The van der Waals surface area contributed by atoms with Crippen molar-refractivity contribution in [1.29, 1.82) is 0 Å². The van der Waals surface area contributed by atoms with Gasteiger partial charge in [0.2, 0.25) is 0 Å². The van der Waals surface area contributed by atoms with E-state index in [1.807, 2.05) is 36.4 Å². The molecule has 3 heterocycles. The van der Waals surface area contributed by atoms with Crippen molar-refractivity contribution in [1.82, 2.24) is 29.9 Å². The summed E-state index contributed by atoms with van der Waals surface area (Å²) < 4.78 is 14.3. The smallest absolute Gasteiger partial charge is 0.326 e. The quantitative estimate of drug-likeness (QED) is 0.505. The summed E-state index contributed by atoms with van der Waals surface area (Å²) in [5.74, 6) is 0.960. The van der Waals surface area contributed by atoms with E-state index in [0.717, 1.165) is 16.7 Å². The summed E-state index contributed by atoms with van der Waals surface area (Å²) in [6, 6.07) is 12.9. The molecule has 1 aliphatic rings. The van der Waals surface area contributed by atoms with Crippen molar-refractivity contribution in [3.8, 4) is 17.2 Å². The van der Waals surface area contributed by atoms with Gasteiger partial charge in [-0.15, -0.1) is 5.10 Å². The standard InChI is InChI=1S/C21H20N6O4/c1-13-19(24-25-27(13)14-6-7-17-18(12-14)31-11-10-30-17)20(28)22-8-9-26-16-5-3-2-4-15(16)23-21(26)29/h2-7,12H,8-11H2,1H3,(H,22,28)(H,23,29). The predicted octanol–water partition coefficient (Wildman–Crippen LogP) is 1.42. The first-order chi connectivity index (χ1) is 15.1. The normalized spacial score (nSPS) is 12.8. The molecule has 2 N–H and O–H groups in total. The van der Waals surface area contributed by atoms with E-state index in [-0.39, 0.29) is 23.8 Å². The van der Waals surface area contributed by atoms with Gasteiger partial charge in [-0.25, -0.2) is 9.48 Å². The van der Waals surface area contributed by atoms with Crippen LogP contribution in [0, 0.1) is 6.92 Å². The fourth-order valence-corrected chi connectivity index (χ4v) is 3.64. The van der Waals surface area contributed by atoms with Gasteiger partial charge in [0.1, 0.15) is 13.2 Å². The molecule has 0 unspecified atom stereocenters. The molecule has 0 saturated carbocycles. The number of benzene rings is 2. The highest BCUT2D eigenvalue weighted by molar-refractivity contribution is 5.93. The van der Waals surface area contributed by atoms with Crippen LogP contribution in [0.4, 0.5) is 0 Å². The van der Waals surface area contributed by atoms with Crippen LogP contribution in [0.25, 0.3) is 16.7 Å². The zero-order valence-corrected chi connectivity index (χ0v) is 16.8. The molecular formula is C21H20N6O4. The van der Waals surface area contributed by atoms with Crippen molar-refractivity contribution >= 4 is 16.9 Å². The van der Waals surface area contributed by atoms with Crippen LogP contribution in [0.3, 0.4) is 0 Å². The maximum atomic E-state index is 12.7. The summed E-state index contributed by atoms with van der Waals surface area (Å²) in [4.78, 5) is 27.6. The fraction of sp³-hybridized carbons (Fsp3) is 0.238. The Bertz CT molecular complexity index is 1340. The van der Waals surface area contributed by atoms with E-state index in [1.165, 1.54) is 0 Å². The number of fused-ring (bicyclic) bond motifs is 2. The Morgan fingerprint density at radius 2 is 1.97 bits per heavy atom. The number of carbonyl (C=O) groups is 1. The van der Waals surface area contributed by atoms with E-state index >= 15 is 0 Å². The van der Waals surface area contributed by atoms with Gasteiger partial charge in [0, 0.05) is 19.2 Å². The van der Waals surface area contributed by atoms with Gasteiger partial charge in [0.15, 0.2) is 17.2 Å². The lowest BCUT2D eigenvalue weighted by atomic mass is 10.2.